The maximum absolute atomic E-state index is 12.4. The summed E-state index contributed by atoms with van der Waals surface area (Å²) in [7, 11) is -3.21. The Morgan fingerprint density at radius 2 is 2.14 bits per heavy atom. The first-order valence-corrected chi connectivity index (χ1v) is 8.74. The highest BCUT2D eigenvalue weighted by molar-refractivity contribution is 9.10. The lowest BCUT2D eigenvalue weighted by molar-refractivity contribution is -0.138. The van der Waals surface area contributed by atoms with E-state index in [2.05, 4.69) is 20.9 Å². The average molecular weight is 377 g/mol. The molecule has 2 rings (SSSR count). The van der Waals surface area contributed by atoms with E-state index in [0.29, 0.717) is 4.47 Å². The molecule has 9 heteroatoms. The predicted octanol–water partition coefficient (Wildman–Crippen LogP) is 0.558. The Morgan fingerprint density at radius 1 is 1.43 bits per heavy atom. The van der Waals surface area contributed by atoms with Gasteiger partial charge in [-0.05, 0) is 28.4 Å². The van der Waals surface area contributed by atoms with Gasteiger partial charge < -0.3 is 10.0 Å². The van der Waals surface area contributed by atoms with Crippen LogP contribution in [0.2, 0.25) is 0 Å². The van der Waals surface area contributed by atoms with Crippen molar-refractivity contribution in [3.63, 3.8) is 0 Å². The van der Waals surface area contributed by atoms with E-state index in [4.69, 9.17) is 5.11 Å². The molecule has 7 nitrogen and oxygen atoms in total. The lowest BCUT2D eigenvalue weighted by Crippen LogP contribution is -2.44. The smallest absolute Gasteiger partial charge is 0.323 e. The molecule has 114 valence electrons. The van der Waals surface area contributed by atoms with E-state index in [-0.39, 0.29) is 23.5 Å². The average Bonchev–Trinajstić information content (AvgIpc) is 2.75. The second kappa shape index (κ2) is 6.10. The lowest BCUT2D eigenvalue weighted by atomic mass is 10.1. The Kier molecular flexibility index (Phi) is 4.62. The van der Waals surface area contributed by atoms with Gasteiger partial charge in [0.05, 0.1) is 17.1 Å². The second-order valence-electron chi connectivity index (χ2n) is 4.78. The van der Waals surface area contributed by atoms with Gasteiger partial charge in [-0.2, -0.15) is 0 Å². The van der Waals surface area contributed by atoms with E-state index in [1.807, 2.05) is 0 Å². The fourth-order valence-corrected chi connectivity index (χ4v) is 4.32. The number of carboxylic acid groups (broad SMARTS) is 1. The highest BCUT2D eigenvalue weighted by atomic mass is 79.9. The Bertz CT molecular complexity index is 676. The summed E-state index contributed by atoms with van der Waals surface area (Å²) in [5.74, 6) is -1.95. The first kappa shape index (κ1) is 15.9. The van der Waals surface area contributed by atoms with Crippen molar-refractivity contribution in [2.75, 3.05) is 18.1 Å². The summed E-state index contributed by atoms with van der Waals surface area (Å²) in [4.78, 5) is 28.4. The lowest BCUT2D eigenvalue weighted by Gasteiger charge is -2.26. The number of pyridine rings is 1. The quantitative estimate of drug-likeness (QED) is 0.822. The van der Waals surface area contributed by atoms with Crippen LogP contribution in [0.1, 0.15) is 16.8 Å². The van der Waals surface area contributed by atoms with Crippen LogP contribution in [0, 0.1) is 0 Å². The third-order valence-electron chi connectivity index (χ3n) is 3.17. The number of nitrogens with zero attached hydrogens (tertiary/aromatic N) is 2. The van der Waals surface area contributed by atoms with Gasteiger partial charge in [0, 0.05) is 22.9 Å². The molecule has 0 saturated carbocycles. The number of amides is 1. The summed E-state index contributed by atoms with van der Waals surface area (Å²) in [6, 6.07) is 0.908. The molecule has 1 aromatic rings. The molecule has 1 aromatic heterocycles. The molecular weight excluding hydrogens is 364 g/mol. The van der Waals surface area contributed by atoms with E-state index in [1.165, 1.54) is 18.5 Å². The van der Waals surface area contributed by atoms with Crippen molar-refractivity contribution in [3.05, 3.63) is 28.5 Å². The topological polar surface area (TPSA) is 105 Å². The maximum Gasteiger partial charge on any atom is 0.323 e. The van der Waals surface area contributed by atoms with E-state index >= 15 is 0 Å². The van der Waals surface area contributed by atoms with Crippen LogP contribution >= 0.6 is 15.9 Å². The minimum Gasteiger partial charge on any atom is -0.480 e. The van der Waals surface area contributed by atoms with Gasteiger partial charge in [0.15, 0.2) is 9.84 Å². The van der Waals surface area contributed by atoms with Crippen LogP contribution in [0.25, 0.3) is 0 Å². The van der Waals surface area contributed by atoms with E-state index in [9.17, 15) is 18.0 Å². The number of aromatic nitrogens is 1. The van der Waals surface area contributed by atoms with Crippen LogP contribution in [0.5, 0.6) is 0 Å². The van der Waals surface area contributed by atoms with Crippen LogP contribution in [0.15, 0.2) is 22.9 Å². The fourth-order valence-electron chi connectivity index (χ4n) is 2.23. The number of hydrogen-bond donors (Lipinski definition) is 1. The van der Waals surface area contributed by atoms with Gasteiger partial charge in [-0.15, -0.1) is 0 Å². The maximum atomic E-state index is 12.4. The zero-order valence-electron chi connectivity index (χ0n) is 10.9. The van der Waals surface area contributed by atoms with Crippen molar-refractivity contribution in [2.45, 2.75) is 12.5 Å². The van der Waals surface area contributed by atoms with Gasteiger partial charge in [0.25, 0.3) is 5.91 Å². The molecule has 2 heterocycles. The fraction of sp³-hybridized carbons (Fsp3) is 0.417. The number of hydrogen-bond acceptors (Lipinski definition) is 5. The summed E-state index contributed by atoms with van der Waals surface area (Å²) in [6.07, 6.45) is 3.08. The van der Waals surface area contributed by atoms with Crippen LogP contribution in [-0.4, -0.2) is 59.4 Å². The molecule has 1 saturated heterocycles. The predicted molar refractivity (Wildman–Crippen MR) is 77.7 cm³/mol. The number of rotatable bonds is 4. The molecule has 1 N–H and O–H groups in total. The summed E-state index contributed by atoms with van der Waals surface area (Å²) in [6.45, 7) is -0.536. The number of halogens is 1. The Labute approximate surface area is 130 Å². The van der Waals surface area contributed by atoms with E-state index in [0.717, 1.165) is 4.90 Å². The van der Waals surface area contributed by atoms with Crippen molar-refractivity contribution in [2.24, 2.45) is 0 Å². The molecule has 0 aromatic carbocycles. The second-order valence-corrected chi connectivity index (χ2v) is 7.92. The van der Waals surface area contributed by atoms with Gasteiger partial charge in [-0.1, -0.05) is 0 Å². The largest absolute Gasteiger partial charge is 0.480 e. The Hall–Kier alpha value is -1.48. The third kappa shape index (κ3) is 4.01. The van der Waals surface area contributed by atoms with Crippen LogP contribution in [0.4, 0.5) is 0 Å². The SMILES string of the molecule is O=C(O)CN(C(=O)c1cncc(Br)c1)C1CCS(=O)(=O)C1. The molecule has 1 aliphatic rings. The van der Waals surface area contributed by atoms with Gasteiger partial charge in [-0.25, -0.2) is 8.42 Å². The van der Waals surface area contributed by atoms with Crippen molar-refractivity contribution >= 4 is 37.6 Å². The minimum atomic E-state index is -3.21. The van der Waals surface area contributed by atoms with Gasteiger partial charge >= 0.3 is 5.97 Å². The number of sulfone groups is 1. The zero-order valence-corrected chi connectivity index (χ0v) is 13.3. The molecule has 21 heavy (non-hydrogen) atoms. The molecule has 0 radical (unpaired) electrons. The molecule has 1 unspecified atom stereocenters. The van der Waals surface area contributed by atoms with Gasteiger partial charge in [-0.3, -0.25) is 14.6 Å². The summed E-state index contributed by atoms with van der Waals surface area (Å²) in [5.41, 5.74) is 0.218. The van der Waals surface area contributed by atoms with E-state index < -0.39 is 34.3 Å². The standard InChI is InChI=1S/C12H13BrN2O5S/c13-9-3-8(4-14-5-9)12(18)15(6-11(16)17)10-1-2-21(19,20)7-10/h3-5,10H,1-2,6-7H2,(H,16,17). The Morgan fingerprint density at radius 3 is 2.67 bits per heavy atom. The first-order valence-electron chi connectivity index (χ1n) is 6.12. The molecule has 1 atom stereocenters. The molecule has 1 amide bonds. The van der Waals surface area contributed by atoms with Crippen LogP contribution < -0.4 is 0 Å². The van der Waals surface area contributed by atoms with Crippen molar-refractivity contribution < 1.29 is 23.1 Å². The number of carboxylic acids is 1. The monoisotopic (exact) mass is 376 g/mol. The van der Waals surface area contributed by atoms with E-state index in [1.54, 1.807) is 0 Å². The third-order valence-corrected chi connectivity index (χ3v) is 5.35. The normalized spacial score (nSPS) is 20.1. The first-order chi connectivity index (χ1) is 9.78. The molecule has 0 aliphatic carbocycles. The number of carbonyl (C=O) groups is 2. The molecule has 1 fully saturated rings. The van der Waals surface area contributed by atoms with Crippen LogP contribution in [-0.2, 0) is 14.6 Å². The minimum absolute atomic E-state index is 0.0300. The number of aliphatic carboxylic acids is 1. The molecular formula is C12H13BrN2O5S. The Balaban J connectivity index is 2.28. The zero-order chi connectivity index (χ0) is 15.6. The van der Waals surface area contributed by atoms with Gasteiger partial charge in [0.2, 0.25) is 0 Å². The van der Waals surface area contributed by atoms with Crippen LogP contribution in [0.3, 0.4) is 0 Å². The highest BCUT2D eigenvalue weighted by Crippen LogP contribution is 2.20. The van der Waals surface area contributed by atoms with Crippen molar-refractivity contribution in [1.29, 1.82) is 0 Å². The van der Waals surface area contributed by atoms with Gasteiger partial charge in [0.1, 0.15) is 6.54 Å². The highest BCUT2D eigenvalue weighted by Gasteiger charge is 2.36. The summed E-state index contributed by atoms with van der Waals surface area (Å²) in [5, 5.41) is 8.96. The van der Waals surface area contributed by atoms with Crippen molar-refractivity contribution in [3.8, 4) is 0 Å². The molecule has 1 aliphatic heterocycles. The molecule has 0 spiro atoms. The number of carbonyl (C=O) groups excluding carboxylic acids is 1. The van der Waals surface area contributed by atoms with Crippen molar-refractivity contribution in [1.82, 2.24) is 9.88 Å². The summed E-state index contributed by atoms with van der Waals surface area (Å²) < 4.78 is 23.7. The molecule has 0 bridgehead atoms. The summed E-state index contributed by atoms with van der Waals surface area (Å²) >= 11 is 3.19.